The second-order valence-corrected chi connectivity index (χ2v) is 9.20. The van der Waals surface area contributed by atoms with E-state index in [0.29, 0.717) is 42.7 Å². The Balaban J connectivity index is 1.40. The van der Waals surface area contributed by atoms with Crippen molar-refractivity contribution >= 4 is 17.5 Å². The van der Waals surface area contributed by atoms with Crippen molar-refractivity contribution in [1.82, 2.24) is 9.47 Å². The lowest BCUT2D eigenvalue weighted by Gasteiger charge is -2.32. The van der Waals surface area contributed by atoms with Crippen LogP contribution in [0.1, 0.15) is 46.6 Å². The van der Waals surface area contributed by atoms with Crippen LogP contribution >= 0.6 is 11.6 Å². The van der Waals surface area contributed by atoms with Crippen molar-refractivity contribution in [1.29, 1.82) is 0 Å². The van der Waals surface area contributed by atoms with Crippen LogP contribution in [-0.2, 0) is 30.0 Å². The molecule has 2 aliphatic carbocycles. The first-order valence-corrected chi connectivity index (χ1v) is 10.6. The summed E-state index contributed by atoms with van der Waals surface area (Å²) in [6.45, 7) is 1.38. The highest BCUT2D eigenvalue weighted by Crippen LogP contribution is 2.65. The molecule has 3 unspecified atom stereocenters. The number of carbonyl (C=O) groups is 1. The summed E-state index contributed by atoms with van der Waals surface area (Å²) in [4.78, 5) is 27.9. The van der Waals surface area contributed by atoms with Gasteiger partial charge in [0.25, 0.3) is 5.91 Å². The number of halogens is 2. The predicted octanol–water partition coefficient (Wildman–Crippen LogP) is 3.16. The molecular weight excluding hydrogens is 411 g/mol. The van der Waals surface area contributed by atoms with Crippen LogP contribution in [0.3, 0.4) is 0 Å². The molecule has 0 saturated heterocycles. The highest BCUT2D eigenvalue weighted by molar-refractivity contribution is 6.30. The number of aromatic hydroxyl groups is 1. The molecule has 3 atom stereocenters. The summed E-state index contributed by atoms with van der Waals surface area (Å²) >= 11 is 5.86. The first-order valence-electron chi connectivity index (χ1n) is 10.3. The highest BCUT2D eigenvalue weighted by Gasteiger charge is 2.63. The third-order valence-corrected chi connectivity index (χ3v) is 7.58. The van der Waals surface area contributed by atoms with Crippen molar-refractivity contribution < 1.29 is 19.0 Å². The summed E-state index contributed by atoms with van der Waals surface area (Å²) in [6.07, 6.45) is 2.90. The molecule has 0 radical (unpaired) electrons. The lowest BCUT2D eigenvalue weighted by molar-refractivity contribution is -0.0512. The van der Waals surface area contributed by atoms with Gasteiger partial charge in [-0.2, -0.15) is 0 Å². The Morgan fingerprint density at radius 3 is 2.83 bits per heavy atom. The number of hydrogen-bond donors (Lipinski definition) is 1. The Kier molecular flexibility index (Phi) is 3.73. The molecule has 156 valence electrons. The molecule has 2 saturated carbocycles. The summed E-state index contributed by atoms with van der Waals surface area (Å²) in [5.74, 6) is -0.471. The maximum Gasteiger partial charge on any atom is 0.274 e. The molecule has 3 heterocycles. The van der Waals surface area contributed by atoms with Crippen LogP contribution in [0.5, 0.6) is 5.75 Å². The van der Waals surface area contributed by atoms with E-state index in [1.165, 1.54) is 12.1 Å². The van der Waals surface area contributed by atoms with E-state index < -0.39 is 28.5 Å². The molecule has 1 amide bonds. The molecule has 1 spiro atoms. The predicted molar refractivity (Wildman–Crippen MR) is 106 cm³/mol. The van der Waals surface area contributed by atoms with Gasteiger partial charge in [0.1, 0.15) is 11.4 Å². The van der Waals surface area contributed by atoms with Gasteiger partial charge in [-0.3, -0.25) is 9.59 Å². The van der Waals surface area contributed by atoms with Gasteiger partial charge in [0.2, 0.25) is 5.43 Å². The number of benzene rings is 1. The van der Waals surface area contributed by atoms with Crippen molar-refractivity contribution in [2.24, 2.45) is 11.8 Å². The van der Waals surface area contributed by atoms with Crippen LogP contribution in [0, 0.1) is 17.7 Å². The molecule has 1 aromatic carbocycles. The minimum Gasteiger partial charge on any atom is -0.503 e. The van der Waals surface area contributed by atoms with E-state index in [2.05, 4.69) is 0 Å². The first kappa shape index (κ1) is 18.4. The van der Waals surface area contributed by atoms with E-state index in [1.54, 1.807) is 15.5 Å². The summed E-state index contributed by atoms with van der Waals surface area (Å²) in [5.41, 5.74) is 0.949. The van der Waals surface area contributed by atoms with Crippen LogP contribution in [0.25, 0.3) is 0 Å². The quantitative estimate of drug-likeness (QED) is 0.794. The summed E-state index contributed by atoms with van der Waals surface area (Å²) < 4.78 is 21.4. The van der Waals surface area contributed by atoms with E-state index in [0.717, 1.165) is 25.0 Å². The third kappa shape index (κ3) is 2.33. The lowest BCUT2D eigenvalue weighted by atomic mass is 9.88. The molecule has 4 aliphatic rings. The Hall–Kier alpha value is -2.38. The molecule has 2 aromatic rings. The Labute approximate surface area is 176 Å². The van der Waals surface area contributed by atoms with Crippen LogP contribution in [0.15, 0.2) is 23.0 Å². The van der Waals surface area contributed by atoms with Gasteiger partial charge in [-0.1, -0.05) is 17.7 Å². The second kappa shape index (κ2) is 6.08. The van der Waals surface area contributed by atoms with Crippen LogP contribution in [0.4, 0.5) is 4.39 Å². The zero-order chi connectivity index (χ0) is 20.8. The molecule has 2 aliphatic heterocycles. The summed E-state index contributed by atoms with van der Waals surface area (Å²) in [5, 5.41) is 10.8. The third-order valence-electron chi connectivity index (χ3n) is 7.29. The minimum atomic E-state index is -0.582. The molecule has 0 bridgehead atoms. The highest BCUT2D eigenvalue weighted by atomic mass is 35.5. The normalized spacial score (nSPS) is 28.6. The fraction of sp³-hybridized carbons (Fsp3) is 0.455. The van der Waals surface area contributed by atoms with Crippen molar-refractivity contribution in [2.45, 2.75) is 44.6 Å². The number of rotatable bonds is 2. The minimum absolute atomic E-state index is 0.00775. The topological polar surface area (TPSA) is 71.8 Å². The zero-order valence-corrected chi connectivity index (χ0v) is 16.9. The molecule has 1 N–H and O–H groups in total. The van der Waals surface area contributed by atoms with Crippen LogP contribution in [-0.4, -0.2) is 27.0 Å². The molecule has 6 nitrogen and oxygen atoms in total. The van der Waals surface area contributed by atoms with Crippen LogP contribution < -0.4 is 5.43 Å². The fourth-order valence-electron chi connectivity index (χ4n) is 5.77. The Morgan fingerprint density at radius 2 is 2.13 bits per heavy atom. The largest absolute Gasteiger partial charge is 0.503 e. The van der Waals surface area contributed by atoms with E-state index >= 15 is 0 Å². The van der Waals surface area contributed by atoms with Crippen molar-refractivity contribution in [3.8, 4) is 5.75 Å². The molecule has 8 heteroatoms. The average Bonchev–Trinajstić information content (AvgIpc) is 3.31. The number of ether oxygens (including phenoxy) is 1. The van der Waals surface area contributed by atoms with Gasteiger partial charge in [0.15, 0.2) is 11.4 Å². The Morgan fingerprint density at radius 1 is 1.30 bits per heavy atom. The molecule has 2 fully saturated rings. The molecular formula is C22H20ClFN2O4. The lowest BCUT2D eigenvalue weighted by Crippen LogP contribution is -2.43. The first-order chi connectivity index (χ1) is 14.4. The van der Waals surface area contributed by atoms with Gasteiger partial charge in [-0.15, -0.1) is 0 Å². The van der Waals surface area contributed by atoms with Gasteiger partial charge in [0, 0.05) is 19.6 Å². The zero-order valence-electron chi connectivity index (χ0n) is 16.2. The number of hydrogen-bond acceptors (Lipinski definition) is 4. The monoisotopic (exact) mass is 430 g/mol. The molecule has 30 heavy (non-hydrogen) atoms. The van der Waals surface area contributed by atoms with Crippen LogP contribution in [0.2, 0.25) is 5.02 Å². The maximum absolute atomic E-state index is 13.4. The van der Waals surface area contributed by atoms with Crippen molar-refractivity contribution in [2.75, 3.05) is 6.54 Å². The van der Waals surface area contributed by atoms with Crippen molar-refractivity contribution in [3.05, 3.63) is 61.8 Å². The molecule has 6 rings (SSSR count). The Bertz CT molecular complexity index is 1180. The molecule has 1 aromatic heterocycles. The van der Waals surface area contributed by atoms with E-state index in [-0.39, 0.29) is 17.3 Å². The summed E-state index contributed by atoms with van der Waals surface area (Å²) in [6, 6.07) is 4.32. The number of nitrogens with zero attached hydrogens (tertiary/aromatic N) is 2. The number of fused-ring (bicyclic) bond motifs is 6. The van der Waals surface area contributed by atoms with Crippen molar-refractivity contribution in [3.63, 3.8) is 0 Å². The van der Waals surface area contributed by atoms with E-state index in [4.69, 9.17) is 16.3 Å². The maximum atomic E-state index is 13.4. The van der Waals surface area contributed by atoms with Gasteiger partial charge >= 0.3 is 0 Å². The van der Waals surface area contributed by atoms with Gasteiger partial charge in [-0.05, 0) is 48.8 Å². The standard InChI is InChI=1S/C22H20ClFN2O4/c23-14-7-11(1-2-15(14)24)9-25-5-6-26-16-10-30-22(4-3-12-8-13(12)22)17(16)19(27)20(28)18(26)21(25)29/h1-2,7,12-13,28H,3-6,8-10H2. The van der Waals surface area contributed by atoms with Gasteiger partial charge in [-0.25, -0.2) is 4.39 Å². The van der Waals surface area contributed by atoms with Gasteiger partial charge < -0.3 is 19.3 Å². The van der Waals surface area contributed by atoms with E-state index in [1.807, 2.05) is 0 Å². The fourth-order valence-corrected chi connectivity index (χ4v) is 5.97. The SMILES string of the molecule is O=C1c2c(O)c(=O)c3c(n2CCN1Cc1ccc(F)c(Cl)c1)COC31CCC2CC21. The number of carbonyl (C=O) groups excluding carboxylic acids is 1. The summed E-state index contributed by atoms with van der Waals surface area (Å²) in [7, 11) is 0. The van der Waals surface area contributed by atoms with E-state index in [9.17, 15) is 19.1 Å². The smallest absolute Gasteiger partial charge is 0.274 e. The average molecular weight is 431 g/mol. The number of amides is 1. The second-order valence-electron chi connectivity index (χ2n) is 8.79. The number of pyridine rings is 1. The van der Waals surface area contributed by atoms with Gasteiger partial charge in [0.05, 0.1) is 22.9 Å². The number of aromatic nitrogens is 1.